The van der Waals surface area contributed by atoms with Gasteiger partial charge in [0.25, 0.3) is 0 Å². The van der Waals surface area contributed by atoms with Crippen molar-refractivity contribution in [2.24, 2.45) is 0 Å². The molecule has 0 radical (unpaired) electrons. The maximum atomic E-state index is 10.1. The Morgan fingerprint density at radius 1 is 0.846 bits per heavy atom. The van der Waals surface area contributed by atoms with Gasteiger partial charge in [-0.15, -0.1) is 0 Å². The highest BCUT2D eigenvalue weighted by Gasteiger charge is 2.12. The number of nitrogens with one attached hydrogen (secondary N) is 1. The Bertz CT molecular complexity index is 1110. The highest BCUT2D eigenvalue weighted by Crippen LogP contribution is 2.36. The van der Waals surface area contributed by atoms with Gasteiger partial charge in [0, 0.05) is 27.9 Å². The van der Waals surface area contributed by atoms with Gasteiger partial charge in [-0.3, -0.25) is 0 Å². The van der Waals surface area contributed by atoms with Gasteiger partial charge < -0.3 is 19.9 Å². The number of nitrogens with zero attached hydrogens (tertiary/aromatic N) is 2. The Morgan fingerprint density at radius 2 is 1.58 bits per heavy atom. The largest absolute Gasteiger partial charge is 0.507 e. The van der Waals surface area contributed by atoms with Crippen LogP contribution in [0.3, 0.4) is 0 Å². The number of fused-ring (bicyclic) bond motifs is 2. The molecule has 4 aromatic rings. The van der Waals surface area contributed by atoms with Crippen LogP contribution >= 0.6 is 0 Å². The van der Waals surface area contributed by atoms with Gasteiger partial charge in [-0.25, -0.2) is 9.97 Å². The van der Waals surface area contributed by atoms with Crippen LogP contribution in [0.15, 0.2) is 54.9 Å². The molecule has 26 heavy (non-hydrogen) atoms. The molecule has 1 aromatic heterocycles. The standard InChI is InChI=1S/C20H17N3O3/c1-25-18-9-14-16(10-19(18)26-2)21-11-22-20(14)23-15-7-8-17(24)13-6-4-3-5-12(13)15/h3-11,24H,1-2H3,(H,21,22,23). The highest BCUT2D eigenvalue weighted by atomic mass is 16.5. The van der Waals surface area contributed by atoms with E-state index in [0.29, 0.717) is 17.3 Å². The molecule has 0 amide bonds. The topological polar surface area (TPSA) is 76.5 Å². The summed E-state index contributed by atoms with van der Waals surface area (Å²) in [5, 5.41) is 15.9. The van der Waals surface area contributed by atoms with E-state index in [9.17, 15) is 5.11 Å². The molecule has 6 heteroatoms. The number of methoxy groups -OCH3 is 2. The lowest BCUT2D eigenvalue weighted by molar-refractivity contribution is 0.356. The van der Waals surface area contributed by atoms with Gasteiger partial charge in [-0.05, 0) is 18.2 Å². The summed E-state index contributed by atoms with van der Waals surface area (Å²) in [5.74, 6) is 2.10. The Morgan fingerprint density at radius 3 is 2.35 bits per heavy atom. The van der Waals surface area contributed by atoms with Crippen molar-refractivity contribution in [1.29, 1.82) is 0 Å². The molecule has 130 valence electrons. The fourth-order valence-electron chi connectivity index (χ4n) is 3.00. The average Bonchev–Trinajstić information content (AvgIpc) is 2.69. The molecule has 4 rings (SSSR count). The van der Waals surface area contributed by atoms with E-state index in [4.69, 9.17) is 9.47 Å². The predicted octanol–water partition coefficient (Wildman–Crippen LogP) is 4.25. The summed E-state index contributed by atoms with van der Waals surface area (Å²) in [6.45, 7) is 0. The lowest BCUT2D eigenvalue weighted by Gasteiger charge is -2.13. The minimum atomic E-state index is 0.241. The van der Waals surface area contributed by atoms with Crippen molar-refractivity contribution in [3.05, 3.63) is 54.9 Å². The molecule has 0 saturated heterocycles. The fourth-order valence-corrected chi connectivity index (χ4v) is 3.00. The minimum absolute atomic E-state index is 0.241. The number of aromatic nitrogens is 2. The van der Waals surface area contributed by atoms with E-state index in [0.717, 1.165) is 27.4 Å². The molecule has 0 aliphatic heterocycles. The number of anilines is 2. The average molecular weight is 347 g/mol. The van der Waals surface area contributed by atoms with Crippen LogP contribution in [0.25, 0.3) is 21.7 Å². The molecule has 0 saturated carbocycles. The van der Waals surface area contributed by atoms with Gasteiger partial charge in [0.2, 0.25) is 0 Å². The second-order valence-corrected chi connectivity index (χ2v) is 5.75. The molecule has 0 aliphatic rings. The first kappa shape index (κ1) is 16.0. The molecular weight excluding hydrogens is 330 g/mol. The maximum absolute atomic E-state index is 10.1. The van der Waals surface area contributed by atoms with Crippen LogP contribution in [0.5, 0.6) is 17.2 Å². The molecule has 1 heterocycles. The first-order valence-electron chi connectivity index (χ1n) is 8.05. The summed E-state index contributed by atoms with van der Waals surface area (Å²) in [4.78, 5) is 8.70. The lowest BCUT2D eigenvalue weighted by atomic mass is 10.1. The van der Waals surface area contributed by atoms with E-state index in [1.165, 1.54) is 6.33 Å². The predicted molar refractivity (Wildman–Crippen MR) is 102 cm³/mol. The van der Waals surface area contributed by atoms with Crippen molar-refractivity contribution in [3.8, 4) is 17.2 Å². The normalized spacial score (nSPS) is 10.8. The van der Waals surface area contributed by atoms with E-state index >= 15 is 0 Å². The molecule has 0 fully saturated rings. The van der Waals surface area contributed by atoms with Crippen LogP contribution in [-0.4, -0.2) is 29.3 Å². The van der Waals surface area contributed by atoms with Gasteiger partial charge in [0.15, 0.2) is 11.5 Å². The zero-order valence-corrected chi connectivity index (χ0v) is 14.4. The molecule has 0 spiro atoms. The van der Waals surface area contributed by atoms with Crippen molar-refractivity contribution in [2.45, 2.75) is 0 Å². The third kappa shape index (κ3) is 2.61. The number of phenols is 1. The minimum Gasteiger partial charge on any atom is -0.507 e. The van der Waals surface area contributed by atoms with Gasteiger partial charge in [-0.2, -0.15) is 0 Å². The van der Waals surface area contributed by atoms with E-state index in [-0.39, 0.29) is 5.75 Å². The molecule has 0 unspecified atom stereocenters. The monoisotopic (exact) mass is 347 g/mol. The molecule has 0 aliphatic carbocycles. The zero-order chi connectivity index (χ0) is 18.1. The number of rotatable bonds is 4. The Hall–Kier alpha value is -3.54. The van der Waals surface area contributed by atoms with E-state index < -0.39 is 0 Å². The van der Waals surface area contributed by atoms with Crippen LogP contribution in [0.4, 0.5) is 11.5 Å². The van der Waals surface area contributed by atoms with Gasteiger partial charge >= 0.3 is 0 Å². The van der Waals surface area contributed by atoms with Crippen LogP contribution in [0, 0.1) is 0 Å². The third-order valence-corrected chi connectivity index (χ3v) is 4.29. The van der Waals surface area contributed by atoms with Crippen molar-refractivity contribution >= 4 is 33.2 Å². The highest BCUT2D eigenvalue weighted by molar-refractivity contribution is 6.01. The molecule has 3 aromatic carbocycles. The van der Waals surface area contributed by atoms with Gasteiger partial charge in [0.05, 0.1) is 19.7 Å². The summed E-state index contributed by atoms with van der Waals surface area (Å²) < 4.78 is 10.7. The summed E-state index contributed by atoms with van der Waals surface area (Å²) in [7, 11) is 3.18. The second-order valence-electron chi connectivity index (χ2n) is 5.75. The molecule has 6 nitrogen and oxygen atoms in total. The van der Waals surface area contributed by atoms with Gasteiger partial charge in [-0.1, -0.05) is 24.3 Å². The summed E-state index contributed by atoms with van der Waals surface area (Å²) >= 11 is 0. The SMILES string of the molecule is COc1cc2ncnc(Nc3ccc(O)c4ccccc34)c2cc1OC. The summed E-state index contributed by atoms with van der Waals surface area (Å²) in [6, 6.07) is 14.8. The van der Waals surface area contributed by atoms with E-state index in [2.05, 4.69) is 15.3 Å². The quantitative estimate of drug-likeness (QED) is 0.538. The van der Waals surface area contributed by atoms with Crippen molar-refractivity contribution < 1.29 is 14.6 Å². The van der Waals surface area contributed by atoms with Crippen LogP contribution < -0.4 is 14.8 Å². The molecule has 0 atom stereocenters. The number of ether oxygens (including phenoxy) is 2. The fraction of sp³-hybridized carbons (Fsp3) is 0.100. The third-order valence-electron chi connectivity index (χ3n) is 4.29. The Kier molecular flexibility index (Phi) is 3.93. The molecule has 0 bridgehead atoms. The van der Waals surface area contributed by atoms with E-state index in [1.807, 2.05) is 42.5 Å². The smallest absolute Gasteiger partial charge is 0.162 e. The molecular formula is C20H17N3O3. The van der Waals surface area contributed by atoms with Crippen molar-refractivity contribution in [2.75, 3.05) is 19.5 Å². The first-order valence-corrected chi connectivity index (χ1v) is 8.05. The summed E-state index contributed by atoms with van der Waals surface area (Å²) in [6.07, 6.45) is 1.50. The van der Waals surface area contributed by atoms with E-state index in [1.54, 1.807) is 20.3 Å². The number of aromatic hydroxyl groups is 1. The summed E-state index contributed by atoms with van der Waals surface area (Å²) in [5.41, 5.74) is 1.58. The maximum Gasteiger partial charge on any atom is 0.162 e. The number of benzene rings is 3. The van der Waals surface area contributed by atoms with Crippen LogP contribution in [-0.2, 0) is 0 Å². The van der Waals surface area contributed by atoms with Crippen molar-refractivity contribution in [3.63, 3.8) is 0 Å². The first-order chi connectivity index (χ1) is 12.7. The number of hydrogen-bond acceptors (Lipinski definition) is 6. The Balaban J connectivity index is 1.87. The van der Waals surface area contributed by atoms with Crippen molar-refractivity contribution in [1.82, 2.24) is 9.97 Å². The van der Waals surface area contributed by atoms with Gasteiger partial charge in [0.1, 0.15) is 17.9 Å². The van der Waals surface area contributed by atoms with Crippen LogP contribution in [0.1, 0.15) is 0 Å². The zero-order valence-electron chi connectivity index (χ0n) is 14.4. The molecule has 2 N–H and O–H groups in total. The van der Waals surface area contributed by atoms with Crippen LogP contribution in [0.2, 0.25) is 0 Å². The lowest BCUT2D eigenvalue weighted by Crippen LogP contribution is -1.98. The Labute approximate surface area is 150 Å². The number of phenolic OH excluding ortho intramolecular Hbond substituents is 1. The second kappa shape index (κ2) is 6.40. The number of hydrogen-bond donors (Lipinski definition) is 2.